The van der Waals surface area contributed by atoms with Gasteiger partial charge in [-0.1, -0.05) is 16.7 Å². The summed E-state index contributed by atoms with van der Waals surface area (Å²) in [6.45, 7) is 0.185. The van der Waals surface area contributed by atoms with E-state index >= 15 is 0 Å². The van der Waals surface area contributed by atoms with Crippen molar-refractivity contribution in [3.05, 3.63) is 51.8 Å². The highest BCUT2D eigenvalue weighted by molar-refractivity contribution is 6.31. The first-order valence-corrected chi connectivity index (χ1v) is 5.13. The minimum atomic E-state index is 0.185. The van der Waals surface area contributed by atoms with Gasteiger partial charge in [-0.2, -0.15) is 10.2 Å². The topological polar surface area (TPSA) is 87.4 Å². The number of hydrogen-bond donors (Lipinski definition) is 0. The third-order valence-corrected chi connectivity index (χ3v) is 2.35. The maximum absolute atomic E-state index is 8.18. The van der Waals surface area contributed by atoms with Crippen molar-refractivity contribution in [3.8, 4) is 11.3 Å². The van der Waals surface area contributed by atoms with E-state index in [9.17, 15) is 0 Å². The SMILES string of the molecule is [N-]=[N+]=NCc1ccc(-c2cccnc2Cl)nn1. The fraction of sp³-hybridized carbons (Fsp3) is 0.100. The molecule has 0 aliphatic rings. The van der Waals surface area contributed by atoms with Gasteiger partial charge in [0.15, 0.2) is 0 Å². The molecule has 7 heteroatoms. The highest BCUT2D eigenvalue weighted by Crippen LogP contribution is 2.23. The van der Waals surface area contributed by atoms with Crippen LogP contribution in [0.5, 0.6) is 0 Å². The Hall–Kier alpha value is -2.17. The molecule has 0 aromatic carbocycles. The van der Waals surface area contributed by atoms with Crippen molar-refractivity contribution in [2.45, 2.75) is 6.54 Å². The second kappa shape index (κ2) is 5.25. The number of halogens is 1. The molecular weight excluding hydrogens is 240 g/mol. The summed E-state index contributed by atoms with van der Waals surface area (Å²) < 4.78 is 0. The van der Waals surface area contributed by atoms with Gasteiger partial charge in [0.05, 0.1) is 17.9 Å². The van der Waals surface area contributed by atoms with Gasteiger partial charge in [0.25, 0.3) is 0 Å². The summed E-state index contributed by atoms with van der Waals surface area (Å²) in [4.78, 5) is 6.61. The van der Waals surface area contributed by atoms with E-state index in [1.165, 1.54) is 0 Å². The highest BCUT2D eigenvalue weighted by Gasteiger charge is 2.05. The predicted molar refractivity (Wildman–Crippen MR) is 63.1 cm³/mol. The smallest absolute Gasteiger partial charge is 0.138 e. The molecular formula is C10H7ClN6. The zero-order chi connectivity index (χ0) is 12.1. The van der Waals surface area contributed by atoms with Crippen molar-refractivity contribution >= 4 is 11.6 Å². The van der Waals surface area contributed by atoms with Gasteiger partial charge in [-0.3, -0.25) is 0 Å². The lowest BCUT2D eigenvalue weighted by Crippen LogP contribution is -1.93. The summed E-state index contributed by atoms with van der Waals surface area (Å²) in [5.74, 6) is 0. The maximum Gasteiger partial charge on any atom is 0.138 e. The standard InChI is InChI=1S/C10H7ClN6/c11-10-8(2-1-5-13-10)9-4-3-7(15-16-9)6-14-17-12/h1-5H,6H2. The van der Waals surface area contributed by atoms with E-state index in [0.29, 0.717) is 16.5 Å². The van der Waals surface area contributed by atoms with Gasteiger partial charge in [-0.15, -0.1) is 0 Å². The molecule has 0 radical (unpaired) electrons. The molecule has 0 unspecified atom stereocenters. The summed E-state index contributed by atoms with van der Waals surface area (Å²) in [6.07, 6.45) is 1.61. The van der Waals surface area contributed by atoms with Crippen molar-refractivity contribution in [2.75, 3.05) is 0 Å². The second-order valence-corrected chi connectivity index (χ2v) is 3.50. The van der Waals surface area contributed by atoms with Crippen molar-refractivity contribution in [2.24, 2.45) is 5.11 Å². The molecule has 0 fully saturated rings. The van der Waals surface area contributed by atoms with Crippen molar-refractivity contribution in [1.29, 1.82) is 0 Å². The third kappa shape index (κ3) is 2.69. The summed E-state index contributed by atoms with van der Waals surface area (Å²) in [7, 11) is 0. The molecule has 0 saturated carbocycles. The van der Waals surface area contributed by atoms with Crippen molar-refractivity contribution < 1.29 is 0 Å². The largest absolute Gasteiger partial charge is 0.244 e. The monoisotopic (exact) mass is 246 g/mol. The zero-order valence-corrected chi connectivity index (χ0v) is 9.41. The molecule has 0 aliphatic carbocycles. The molecule has 0 N–H and O–H groups in total. The quantitative estimate of drug-likeness (QED) is 0.361. The van der Waals surface area contributed by atoms with E-state index in [1.54, 1.807) is 24.4 Å². The van der Waals surface area contributed by atoms with Crippen LogP contribution in [0.1, 0.15) is 5.69 Å². The minimum absolute atomic E-state index is 0.185. The number of rotatable bonds is 3. The first-order chi connectivity index (χ1) is 8.31. The second-order valence-electron chi connectivity index (χ2n) is 3.14. The Morgan fingerprint density at radius 1 is 1.29 bits per heavy atom. The third-order valence-electron chi connectivity index (χ3n) is 2.05. The minimum Gasteiger partial charge on any atom is -0.244 e. The Balaban J connectivity index is 2.29. The van der Waals surface area contributed by atoms with Crippen LogP contribution >= 0.6 is 11.6 Å². The van der Waals surface area contributed by atoms with E-state index in [-0.39, 0.29) is 6.54 Å². The summed E-state index contributed by atoms with van der Waals surface area (Å²) in [6, 6.07) is 7.09. The van der Waals surface area contributed by atoms with Crippen LogP contribution in [-0.4, -0.2) is 15.2 Å². The van der Waals surface area contributed by atoms with Gasteiger partial charge in [0, 0.05) is 16.7 Å². The molecule has 0 atom stereocenters. The van der Waals surface area contributed by atoms with E-state index < -0.39 is 0 Å². The Labute approximate surface area is 102 Å². The van der Waals surface area contributed by atoms with Crippen molar-refractivity contribution in [3.63, 3.8) is 0 Å². The molecule has 2 rings (SSSR count). The number of aromatic nitrogens is 3. The molecule has 17 heavy (non-hydrogen) atoms. The van der Waals surface area contributed by atoms with E-state index in [2.05, 4.69) is 25.2 Å². The molecule has 2 aromatic heterocycles. The molecule has 0 saturated heterocycles. The molecule has 0 spiro atoms. The molecule has 6 nitrogen and oxygen atoms in total. The number of pyridine rings is 1. The van der Waals surface area contributed by atoms with Crippen LogP contribution in [0, 0.1) is 0 Å². The van der Waals surface area contributed by atoms with Gasteiger partial charge >= 0.3 is 0 Å². The molecule has 84 valence electrons. The molecule has 0 bridgehead atoms. The lowest BCUT2D eigenvalue weighted by atomic mass is 10.2. The average molecular weight is 247 g/mol. The Kier molecular flexibility index (Phi) is 3.49. The fourth-order valence-electron chi connectivity index (χ4n) is 1.27. The first kappa shape index (κ1) is 11.3. The van der Waals surface area contributed by atoms with Crippen LogP contribution in [0.4, 0.5) is 0 Å². The normalized spacial score (nSPS) is 9.71. The predicted octanol–water partition coefficient (Wildman–Crippen LogP) is 3.00. The maximum atomic E-state index is 8.18. The van der Waals surface area contributed by atoms with Crippen LogP contribution in [0.15, 0.2) is 35.6 Å². The Morgan fingerprint density at radius 3 is 2.82 bits per heavy atom. The van der Waals surface area contributed by atoms with Crippen LogP contribution < -0.4 is 0 Å². The average Bonchev–Trinajstić information content (AvgIpc) is 2.38. The van der Waals surface area contributed by atoms with Gasteiger partial charge in [-0.05, 0) is 29.8 Å². The molecule has 2 aromatic rings. The van der Waals surface area contributed by atoms with Crippen molar-refractivity contribution in [1.82, 2.24) is 15.2 Å². The van der Waals surface area contributed by atoms with Crippen LogP contribution in [-0.2, 0) is 6.54 Å². The fourth-order valence-corrected chi connectivity index (χ4v) is 1.49. The molecule has 0 aliphatic heterocycles. The van der Waals surface area contributed by atoms with Gasteiger partial charge in [0.2, 0.25) is 0 Å². The van der Waals surface area contributed by atoms with Gasteiger partial charge < -0.3 is 0 Å². The van der Waals surface area contributed by atoms with Gasteiger partial charge in [0.1, 0.15) is 5.15 Å². The van der Waals surface area contributed by atoms with E-state index in [0.717, 1.165) is 5.56 Å². The summed E-state index contributed by atoms with van der Waals surface area (Å²) in [5.41, 5.74) is 10.1. The summed E-state index contributed by atoms with van der Waals surface area (Å²) in [5, 5.41) is 11.7. The zero-order valence-electron chi connectivity index (χ0n) is 8.66. The molecule has 0 amide bonds. The lowest BCUT2D eigenvalue weighted by molar-refractivity contribution is 0.895. The van der Waals surface area contributed by atoms with Crippen LogP contribution in [0.3, 0.4) is 0 Å². The van der Waals surface area contributed by atoms with Crippen LogP contribution in [0.25, 0.3) is 21.7 Å². The van der Waals surface area contributed by atoms with E-state index in [4.69, 9.17) is 17.1 Å². The lowest BCUT2D eigenvalue weighted by Gasteiger charge is -2.01. The highest BCUT2D eigenvalue weighted by atomic mass is 35.5. The summed E-state index contributed by atoms with van der Waals surface area (Å²) >= 11 is 5.94. The van der Waals surface area contributed by atoms with Gasteiger partial charge in [-0.25, -0.2) is 4.98 Å². The Bertz CT molecular complexity index is 561. The molecule has 2 heterocycles. The Morgan fingerprint density at radius 2 is 2.18 bits per heavy atom. The van der Waals surface area contributed by atoms with E-state index in [1.807, 2.05) is 6.07 Å². The number of hydrogen-bond acceptors (Lipinski definition) is 4. The van der Waals surface area contributed by atoms with Crippen LogP contribution in [0.2, 0.25) is 5.15 Å². The number of nitrogens with zero attached hydrogens (tertiary/aromatic N) is 6. The first-order valence-electron chi connectivity index (χ1n) is 4.75. The number of azide groups is 1.